The van der Waals surface area contributed by atoms with Crippen molar-refractivity contribution in [2.45, 2.75) is 6.17 Å². The molecular weight excluding hydrogens is 500 g/mol. The van der Waals surface area contributed by atoms with E-state index in [1.165, 1.54) is 27.5 Å². The lowest BCUT2D eigenvalue weighted by molar-refractivity contribution is 0.383. The minimum absolute atomic E-state index is 0.175. The second kappa shape index (κ2) is 10.7. The molecule has 4 heteroatoms. The summed E-state index contributed by atoms with van der Waals surface area (Å²) in [4.78, 5) is 16.5. The molecule has 0 radical (unpaired) electrons. The molecule has 1 unspecified atom stereocenters. The molecule has 4 nitrogen and oxygen atoms in total. The second-order valence-electron chi connectivity index (χ2n) is 10.2. The normalized spacial score (nSPS) is 15.0. The van der Waals surface area contributed by atoms with E-state index in [2.05, 4.69) is 114 Å². The Labute approximate surface area is 240 Å². The van der Waals surface area contributed by atoms with Gasteiger partial charge in [0.05, 0.1) is 0 Å². The van der Waals surface area contributed by atoms with Gasteiger partial charge in [0.25, 0.3) is 0 Å². The molecule has 0 fully saturated rings. The molecular formula is C37H28N4. The average molecular weight is 529 g/mol. The topological polar surface area (TPSA) is 40.9 Å². The lowest BCUT2D eigenvalue weighted by Gasteiger charge is -2.32. The van der Waals surface area contributed by atoms with Crippen LogP contribution in [0.15, 0.2) is 156 Å². The summed E-state index contributed by atoms with van der Waals surface area (Å²) in [5.41, 5.74) is 7.91. The summed E-state index contributed by atoms with van der Waals surface area (Å²) in [6.07, 6.45) is 3.48. The Morgan fingerprint density at radius 3 is 1.98 bits per heavy atom. The van der Waals surface area contributed by atoms with Gasteiger partial charge in [0.2, 0.25) is 0 Å². The van der Waals surface area contributed by atoms with Gasteiger partial charge in [-0.15, -0.1) is 0 Å². The molecule has 0 N–H and O–H groups in total. The van der Waals surface area contributed by atoms with Crippen molar-refractivity contribution in [3.8, 4) is 22.3 Å². The van der Waals surface area contributed by atoms with Crippen molar-refractivity contribution in [1.82, 2.24) is 9.88 Å². The summed E-state index contributed by atoms with van der Waals surface area (Å²) in [7, 11) is 2.08. The average Bonchev–Trinajstić information content (AvgIpc) is 3.06. The molecule has 0 saturated carbocycles. The molecule has 0 saturated heterocycles. The quantitative estimate of drug-likeness (QED) is 0.225. The van der Waals surface area contributed by atoms with E-state index < -0.39 is 0 Å². The van der Waals surface area contributed by atoms with Crippen molar-refractivity contribution in [2.24, 2.45) is 9.98 Å². The minimum atomic E-state index is -0.175. The van der Waals surface area contributed by atoms with Crippen LogP contribution in [0.3, 0.4) is 0 Å². The molecule has 1 aliphatic heterocycles. The first kappa shape index (κ1) is 24.7. The zero-order valence-corrected chi connectivity index (χ0v) is 22.7. The van der Waals surface area contributed by atoms with Gasteiger partial charge in [-0.05, 0) is 56.8 Å². The van der Waals surface area contributed by atoms with Gasteiger partial charge < -0.3 is 4.90 Å². The fourth-order valence-electron chi connectivity index (χ4n) is 5.49. The lowest BCUT2D eigenvalue weighted by atomic mass is 9.95. The lowest BCUT2D eigenvalue weighted by Crippen LogP contribution is -2.35. The van der Waals surface area contributed by atoms with Crippen molar-refractivity contribution in [3.63, 3.8) is 0 Å². The highest BCUT2D eigenvalue weighted by Crippen LogP contribution is 2.33. The van der Waals surface area contributed by atoms with Gasteiger partial charge in [-0.1, -0.05) is 115 Å². The SMILES string of the molecule is CN1C(c2ccc3cccc(-c4ccc(-c5ccncc5)cc4)c3c2)=NC(c2ccccc2)=NC1c1ccccc1. The van der Waals surface area contributed by atoms with Crippen molar-refractivity contribution in [1.29, 1.82) is 0 Å². The third-order valence-electron chi connectivity index (χ3n) is 7.64. The van der Waals surface area contributed by atoms with Crippen LogP contribution in [0.5, 0.6) is 0 Å². The summed E-state index contributed by atoms with van der Waals surface area (Å²) in [5.74, 6) is 1.64. The zero-order chi connectivity index (χ0) is 27.6. The van der Waals surface area contributed by atoms with Crippen LogP contribution in [0.25, 0.3) is 33.0 Å². The van der Waals surface area contributed by atoms with Crippen LogP contribution >= 0.6 is 0 Å². The number of fused-ring (bicyclic) bond motifs is 1. The third kappa shape index (κ3) is 4.81. The molecule has 196 valence electrons. The molecule has 0 spiro atoms. The number of nitrogens with zero attached hydrogens (tertiary/aromatic N) is 4. The summed E-state index contributed by atoms with van der Waals surface area (Å²) in [6.45, 7) is 0. The molecule has 5 aromatic carbocycles. The van der Waals surface area contributed by atoms with E-state index in [0.29, 0.717) is 0 Å². The Bertz CT molecular complexity index is 1880. The molecule has 2 heterocycles. The highest BCUT2D eigenvalue weighted by atomic mass is 15.3. The van der Waals surface area contributed by atoms with Gasteiger partial charge >= 0.3 is 0 Å². The summed E-state index contributed by atoms with van der Waals surface area (Å²) < 4.78 is 0. The number of amidine groups is 2. The number of hydrogen-bond donors (Lipinski definition) is 0. The van der Waals surface area contributed by atoms with Crippen LogP contribution in [0.1, 0.15) is 22.9 Å². The summed E-state index contributed by atoms with van der Waals surface area (Å²) in [5, 5.41) is 2.39. The van der Waals surface area contributed by atoms with E-state index in [9.17, 15) is 0 Å². The number of pyridine rings is 1. The first-order valence-electron chi connectivity index (χ1n) is 13.8. The van der Waals surface area contributed by atoms with Crippen LogP contribution in [0.2, 0.25) is 0 Å². The van der Waals surface area contributed by atoms with Crippen molar-refractivity contribution in [3.05, 3.63) is 163 Å². The molecule has 0 aliphatic carbocycles. The van der Waals surface area contributed by atoms with Gasteiger partial charge in [0, 0.05) is 30.6 Å². The highest BCUT2D eigenvalue weighted by Gasteiger charge is 2.26. The molecule has 41 heavy (non-hydrogen) atoms. The van der Waals surface area contributed by atoms with Gasteiger partial charge in [0.1, 0.15) is 12.0 Å². The minimum Gasteiger partial charge on any atom is -0.333 e. The molecule has 1 aromatic heterocycles. The van der Waals surface area contributed by atoms with Crippen molar-refractivity contribution < 1.29 is 0 Å². The molecule has 7 rings (SSSR count). The zero-order valence-electron chi connectivity index (χ0n) is 22.7. The largest absolute Gasteiger partial charge is 0.333 e. The number of rotatable bonds is 5. The standard InChI is InChI=1S/C37H28N4/c1-41-36(31-11-6-3-7-12-31)39-35(30-9-4-2-5-10-30)40-37(41)32-20-19-28-13-8-14-33(34(28)25-32)29-17-15-26(16-18-29)27-21-23-38-24-22-27/h2-25,36H,1H3. The van der Waals surface area contributed by atoms with Crippen LogP contribution in [-0.2, 0) is 0 Å². The highest BCUT2D eigenvalue weighted by molar-refractivity contribution is 6.14. The molecule has 1 atom stereocenters. The smallest absolute Gasteiger partial charge is 0.159 e. The van der Waals surface area contributed by atoms with Crippen LogP contribution in [0, 0.1) is 0 Å². The predicted molar refractivity (Wildman–Crippen MR) is 169 cm³/mol. The van der Waals surface area contributed by atoms with Crippen molar-refractivity contribution in [2.75, 3.05) is 7.05 Å². The Morgan fingerprint density at radius 1 is 0.561 bits per heavy atom. The van der Waals surface area contributed by atoms with Gasteiger partial charge in [-0.3, -0.25) is 4.98 Å². The van der Waals surface area contributed by atoms with E-state index >= 15 is 0 Å². The third-order valence-corrected chi connectivity index (χ3v) is 7.64. The number of benzene rings is 5. The van der Waals surface area contributed by atoms with E-state index in [4.69, 9.17) is 9.98 Å². The number of aromatic nitrogens is 1. The summed E-state index contributed by atoms with van der Waals surface area (Å²) >= 11 is 0. The molecule has 0 bridgehead atoms. The maximum Gasteiger partial charge on any atom is 0.159 e. The van der Waals surface area contributed by atoms with Crippen LogP contribution < -0.4 is 0 Å². The Balaban J connectivity index is 1.32. The number of aliphatic imine (C=N–C) groups is 2. The predicted octanol–water partition coefficient (Wildman–Crippen LogP) is 8.41. The fourth-order valence-corrected chi connectivity index (χ4v) is 5.49. The van der Waals surface area contributed by atoms with Crippen molar-refractivity contribution >= 4 is 22.4 Å². The maximum atomic E-state index is 5.12. The van der Waals surface area contributed by atoms with Crippen LogP contribution in [0.4, 0.5) is 0 Å². The fraction of sp³-hybridized carbons (Fsp3) is 0.0541. The Morgan fingerprint density at radius 2 is 1.22 bits per heavy atom. The molecule has 6 aromatic rings. The van der Waals surface area contributed by atoms with Crippen LogP contribution in [-0.4, -0.2) is 28.6 Å². The van der Waals surface area contributed by atoms with E-state index in [-0.39, 0.29) is 6.17 Å². The molecule has 0 amide bonds. The van der Waals surface area contributed by atoms with Gasteiger partial charge in [-0.2, -0.15) is 0 Å². The second-order valence-corrected chi connectivity index (χ2v) is 10.2. The Kier molecular flexibility index (Phi) is 6.42. The first-order valence-corrected chi connectivity index (χ1v) is 13.8. The number of hydrogen-bond acceptors (Lipinski definition) is 4. The maximum absolute atomic E-state index is 5.12. The first-order chi connectivity index (χ1) is 20.2. The molecule has 1 aliphatic rings. The van der Waals surface area contributed by atoms with Gasteiger partial charge in [-0.25, -0.2) is 9.98 Å². The van der Waals surface area contributed by atoms with Gasteiger partial charge in [0.15, 0.2) is 5.84 Å². The summed E-state index contributed by atoms with van der Waals surface area (Å²) in [6, 6.07) is 46.6. The van der Waals surface area contributed by atoms with E-state index in [1.807, 2.05) is 48.8 Å². The van der Waals surface area contributed by atoms with E-state index in [1.54, 1.807) is 0 Å². The van der Waals surface area contributed by atoms with E-state index in [0.717, 1.165) is 33.9 Å². The Hall–Kier alpha value is -5.35. The monoisotopic (exact) mass is 528 g/mol.